The maximum atomic E-state index is 14.3. The van der Waals surface area contributed by atoms with Crippen molar-refractivity contribution in [3.63, 3.8) is 0 Å². The van der Waals surface area contributed by atoms with E-state index < -0.39 is 35.6 Å². The molecular formula is C53H62F2N8O8. The minimum atomic E-state index is -2.91. The molecule has 5 heterocycles. The third kappa shape index (κ3) is 12.2. The molecule has 2 N–H and O–H groups in total. The van der Waals surface area contributed by atoms with Gasteiger partial charge in [-0.15, -0.1) is 0 Å². The molecule has 18 heteroatoms. The van der Waals surface area contributed by atoms with Crippen LogP contribution in [0.2, 0.25) is 0 Å². The van der Waals surface area contributed by atoms with E-state index in [1.54, 1.807) is 43.8 Å². The van der Waals surface area contributed by atoms with Gasteiger partial charge < -0.3 is 28.5 Å². The number of carbonyl (C=O) groups excluding carboxylic acids is 4. The number of halogens is 2. The van der Waals surface area contributed by atoms with E-state index in [1.165, 1.54) is 22.9 Å². The van der Waals surface area contributed by atoms with Crippen LogP contribution < -0.4 is 15.5 Å². The molecule has 376 valence electrons. The largest absolute Gasteiger partial charge is 0.464 e. The summed E-state index contributed by atoms with van der Waals surface area (Å²) in [6.45, 7) is 9.01. The summed E-state index contributed by atoms with van der Waals surface area (Å²) in [6, 6.07) is 13.6. The molecule has 0 radical (unpaired) electrons. The average molecular weight is 977 g/mol. The van der Waals surface area contributed by atoms with E-state index in [-0.39, 0.29) is 35.1 Å². The molecule has 4 aromatic heterocycles. The lowest BCUT2D eigenvalue weighted by Gasteiger charge is -2.31. The highest BCUT2D eigenvalue weighted by molar-refractivity contribution is 6.10. The second-order valence-corrected chi connectivity index (χ2v) is 20.3. The Morgan fingerprint density at radius 3 is 2.48 bits per heavy atom. The Hall–Kier alpha value is -6.53. The fourth-order valence-corrected chi connectivity index (χ4v) is 9.77. The van der Waals surface area contributed by atoms with Crippen LogP contribution in [0, 0.1) is 11.8 Å². The predicted octanol–water partition coefficient (Wildman–Crippen LogP) is 10.4. The van der Waals surface area contributed by atoms with Gasteiger partial charge in [-0.3, -0.25) is 29.3 Å². The summed E-state index contributed by atoms with van der Waals surface area (Å²) in [5, 5.41) is 12.3. The SMILES string of the molecule is CN(CCCOCCCc1ccc2c(ccc3occ(C4CCC(=O)NC4=O)c32)c1)CC1CCC(n2cc(NC(=O)c3coc(-c4ccnc(N(CC5CC5)C(=O)OC(C)(C)C)c4)n3)c(C(F)F)n2)CC1. The number of nitrogens with one attached hydrogen (secondary N) is 2. The minimum Gasteiger partial charge on any atom is -0.464 e. The summed E-state index contributed by atoms with van der Waals surface area (Å²) in [5.41, 5.74) is 1.85. The van der Waals surface area contributed by atoms with E-state index in [0.717, 1.165) is 104 Å². The molecule has 3 aliphatic rings. The fraction of sp³-hybridized carbons (Fsp3) is 0.491. The average Bonchev–Trinajstić information content (AvgIpc) is 3.64. The summed E-state index contributed by atoms with van der Waals surface area (Å²) in [5.74, 6) is -0.364. The maximum Gasteiger partial charge on any atom is 0.416 e. The predicted molar refractivity (Wildman–Crippen MR) is 262 cm³/mol. The molecule has 3 fully saturated rings. The number of alkyl halides is 2. The Balaban J connectivity index is 0.701. The van der Waals surface area contributed by atoms with Gasteiger partial charge in [0.15, 0.2) is 11.4 Å². The first-order valence-corrected chi connectivity index (χ1v) is 24.8. The zero-order chi connectivity index (χ0) is 49.8. The Kier molecular flexibility index (Phi) is 14.9. The van der Waals surface area contributed by atoms with E-state index in [4.69, 9.17) is 18.3 Å². The van der Waals surface area contributed by atoms with Gasteiger partial charge in [0, 0.05) is 68.2 Å². The number of hydrogen-bond donors (Lipinski definition) is 2. The monoisotopic (exact) mass is 976 g/mol. The van der Waals surface area contributed by atoms with Gasteiger partial charge in [0.1, 0.15) is 23.3 Å². The van der Waals surface area contributed by atoms with E-state index in [1.807, 2.05) is 12.1 Å². The van der Waals surface area contributed by atoms with Crippen molar-refractivity contribution in [3.05, 3.63) is 89.9 Å². The number of piperidine rings is 1. The quantitative estimate of drug-likeness (QED) is 0.0579. The summed E-state index contributed by atoms with van der Waals surface area (Å²) < 4.78 is 53.3. The molecule has 1 saturated heterocycles. The molecule has 16 nitrogen and oxygen atoms in total. The van der Waals surface area contributed by atoms with Gasteiger partial charge >= 0.3 is 6.09 Å². The van der Waals surface area contributed by atoms with Crippen LogP contribution in [-0.4, -0.2) is 94.0 Å². The number of pyridine rings is 1. The Bertz CT molecular complexity index is 2880. The van der Waals surface area contributed by atoms with Crippen LogP contribution in [0.3, 0.4) is 0 Å². The Labute approximate surface area is 410 Å². The molecule has 1 atom stereocenters. The van der Waals surface area contributed by atoms with Gasteiger partial charge in [-0.05, 0) is 138 Å². The van der Waals surface area contributed by atoms with E-state index in [9.17, 15) is 28.0 Å². The molecule has 1 aliphatic heterocycles. The number of anilines is 2. The Morgan fingerprint density at radius 2 is 1.72 bits per heavy atom. The van der Waals surface area contributed by atoms with Crippen LogP contribution in [0.4, 0.5) is 25.1 Å². The summed E-state index contributed by atoms with van der Waals surface area (Å²) in [4.78, 5) is 63.5. The van der Waals surface area contributed by atoms with Crippen LogP contribution in [0.1, 0.15) is 131 Å². The number of aromatic nitrogens is 4. The van der Waals surface area contributed by atoms with Crippen molar-refractivity contribution in [2.75, 3.05) is 50.1 Å². The van der Waals surface area contributed by atoms with Crippen LogP contribution >= 0.6 is 0 Å². The number of amides is 4. The molecule has 6 aromatic rings. The topological polar surface area (TPSA) is 187 Å². The third-order valence-electron chi connectivity index (χ3n) is 13.6. The lowest BCUT2D eigenvalue weighted by atomic mass is 9.86. The van der Waals surface area contributed by atoms with Crippen LogP contribution in [0.25, 0.3) is 33.2 Å². The maximum absolute atomic E-state index is 14.3. The number of carbonyl (C=O) groups is 4. The second kappa shape index (κ2) is 21.4. The summed E-state index contributed by atoms with van der Waals surface area (Å²) in [7, 11) is 2.12. The normalized spacial score (nSPS) is 18.7. The van der Waals surface area contributed by atoms with Crippen molar-refractivity contribution in [2.24, 2.45) is 11.8 Å². The minimum absolute atomic E-state index is 0.0762. The number of aryl methyl sites for hydroxylation is 1. The van der Waals surface area contributed by atoms with Gasteiger partial charge in [-0.25, -0.2) is 23.5 Å². The van der Waals surface area contributed by atoms with Gasteiger partial charge in [0.05, 0.1) is 23.9 Å². The standard InChI is InChI=1S/C53H62F2N8O8/c1-53(2,3)71-52(67)62(28-34-8-9-34)44-26-36(20-21-56-44)51-58-42(31-70-51)50(66)57-41-29-63(60-47(41)48(54)55)37-14-10-33(11-15-37)27-61(4)22-6-24-68-23-5-7-32-12-16-38-35(25-32)13-18-43-46(38)40(30-69-43)39-17-19-45(64)59-49(39)65/h12-13,16,18,20-21,25-26,29-31,33-34,37,39,48H,5-11,14-15,17,19,22-24,27-28H2,1-4H3,(H,57,66)(H,59,64,65). The van der Waals surface area contributed by atoms with E-state index in [0.29, 0.717) is 55.8 Å². The highest BCUT2D eigenvalue weighted by Crippen LogP contribution is 2.39. The number of hydrogen-bond acceptors (Lipinski definition) is 12. The molecule has 9 rings (SSSR count). The molecule has 0 spiro atoms. The summed E-state index contributed by atoms with van der Waals surface area (Å²) >= 11 is 0. The molecule has 2 aromatic carbocycles. The second-order valence-electron chi connectivity index (χ2n) is 20.3. The van der Waals surface area contributed by atoms with E-state index in [2.05, 4.69) is 55.8 Å². The lowest BCUT2D eigenvalue weighted by Crippen LogP contribution is -2.39. The third-order valence-corrected chi connectivity index (χ3v) is 13.6. The number of oxazole rings is 1. The Morgan fingerprint density at radius 1 is 0.944 bits per heavy atom. The number of furan rings is 1. The number of rotatable bonds is 19. The number of benzene rings is 2. The fourth-order valence-electron chi connectivity index (χ4n) is 9.77. The van der Waals surface area contributed by atoms with Crippen LogP contribution in [0.15, 0.2) is 76.2 Å². The first-order chi connectivity index (χ1) is 34.2. The zero-order valence-corrected chi connectivity index (χ0v) is 40.8. The number of imide groups is 1. The smallest absolute Gasteiger partial charge is 0.416 e. The number of nitrogens with zero attached hydrogens (tertiary/aromatic N) is 6. The first kappa shape index (κ1) is 49.5. The summed E-state index contributed by atoms with van der Waals surface area (Å²) in [6.07, 6.45) is 11.3. The number of fused-ring (bicyclic) bond motifs is 3. The van der Waals surface area contributed by atoms with Gasteiger partial charge in [-0.1, -0.05) is 24.3 Å². The first-order valence-electron chi connectivity index (χ1n) is 24.8. The molecule has 2 aliphatic carbocycles. The van der Waals surface area contributed by atoms with Crippen LogP contribution in [0.5, 0.6) is 0 Å². The van der Waals surface area contributed by atoms with E-state index >= 15 is 0 Å². The zero-order valence-electron chi connectivity index (χ0n) is 40.8. The molecule has 0 bridgehead atoms. The van der Waals surface area contributed by atoms with Crippen LogP contribution in [-0.2, 0) is 25.5 Å². The highest BCUT2D eigenvalue weighted by Gasteiger charge is 2.34. The van der Waals surface area contributed by atoms with Crippen molar-refractivity contribution in [1.29, 1.82) is 0 Å². The molecule has 4 amide bonds. The van der Waals surface area contributed by atoms with Crippen molar-refractivity contribution in [1.82, 2.24) is 30.0 Å². The van der Waals surface area contributed by atoms with Gasteiger partial charge in [0.2, 0.25) is 17.7 Å². The van der Waals surface area contributed by atoms with Crippen molar-refractivity contribution < 1.29 is 46.3 Å². The van der Waals surface area contributed by atoms with Crippen molar-refractivity contribution >= 4 is 57.1 Å². The van der Waals surface area contributed by atoms with Crippen molar-refractivity contribution in [2.45, 2.75) is 115 Å². The van der Waals surface area contributed by atoms with Gasteiger partial charge in [0.25, 0.3) is 12.3 Å². The lowest BCUT2D eigenvalue weighted by molar-refractivity contribution is -0.134. The molecule has 1 unspecified atom stereocenters. The molecular weight excluding hydrogens is 915 g/mol. The van der Waals surface area contributed by atoms with Crippen molar-refractivity contribution in [3.8, 4) is 11.5 Å². The molecule has 2 saturated carbocycles. The highest BCUT2D eigenvalue weighted by atomic mass is 19.3. The van der Waals surface area contributed by atoms with Gasteiger partial charge in [-0.2, -0.15) is 5.10 Å². The molecule has 71 heavy (non-hydrogen) atoms. The number of ether oxygens (including phenoxy) is 2.